The van der Waals surface area contributed by atoms with Gasteiger partial charge in [-0.25, -0.2) is 0 Å². The predicted octanol–water partition coefficient (Wildman–Crippen LogP) is 2.06. The molecule has 0 unspecified atom stereocenters. The van der Waals surface area contributed by atoms with Gasteiger partial charge in [-0.2, -0.15) is 0 Å². The molecular formula is C13H16O4. The Balaban J connectivity index is 2.29. The lowest BCUT2D eigenvalue weighted by Crippen LogP contribution is -2.02. The summed E-state index contributed by atoms with van der Waals surface area (Å²) in [5.74, 6) is -0.0805. The molecule has 0 aromatic heterocycles. The Hall–Kier alpha value is -1.84. The van der Waals surface area contributed by atoms with E-state index >= 15 is 0 Å². The van der Waals surface area contributed by atoms with Crippen molar-refractivity contribution in [2.75, 3.05) is 6.61 Å². The van der Waals surface area contributed by atoms with Crippen LogP contribution in [0.25, 0.3) is 0 Å². The maximum Gasteiger partial charge on any atom is 0.303 e. The molecule has 4 heteroatoms. The van der Waals surface area contributed by atoms with Crippen LogP contribution >= 0.6 is 0 Å². The third-order valence-corrected chi connectivity index (χ3v) is 2.28. The molecule has 0 fully saturated rings. The van der Waals surface area contributed by atoms with Gasteiger partial charge in [0.1, 0.15) is 12.0 Å². The number of benzene rings is 1. The van der Waals surface area contributed by atoms with Crippen molar-refractivity contribution in [1.29, 1.82) is 0 Å². The van der Waals surface area contributed by atoms with Crippen molar-refractivity contribution in [3.8, 4) is 5.75 Å². The first-order valence-corrected chi connectivity index (χ1v) is 5.59. The molecule has 1 rings (SSSR count). The second-order valence-corrected chi connectivity index (χ2v) is 3.70. The van der Waals surface area contributed by atoms with Crippen LogP contribution in [-0.4, -0.2) is 24.0 Å². The second kappa shape index (κ2) is 7.44. The summed E-state index contributed by atoms with van der Waals surface area (Å²) in [7, 11) is 0. The van der Waals surface area contributed by atoms with E-state index in [0.29, 0.717) is 19.4 Å². The molecule has 0 aliphatic carbocycles. The Morgan fingerprint density at radius 3 is 2.59 bits per heavy atom. The van der Waals surface area contributed by atoms with Crippen molar-refractivity contribution in [3.63, 3.8) is 0 Å². The number of aliphatic carboxylic acids is 1. The molecule has 4 nitrogen and oxygen atoms in total. The molecule has 1 aromatic rings. The smallest absolute Gasteiger partial charge is 0.303 e. The van der Waals surface area contributed by atoms with Crippen LogP contribution in [0.2, 0.25) is 0 Å². The highest BCUT2D eigenvalue weighted by Gasteiger charge is 1.98. The number of aryl methyl sites for hydroxylation is 1. The van der Waals surface area contributed by atoms with Gasteiger partial charge in [-0.05, 0) is 30.5 Å². The van der Waals surface area contributed by atoms with Crippen molar-refractivity contribution >= 4 is 12.3 Å². The highest BCUT2D eigenvalue weighted by atomic mass is 16.5. The Morgan fingerprint density at radius 1 is 1.29 bits per heavy atom. The van der Waals surface area contributed by atoms with E-state index in [4.69, 9.17) is 9.84 Å². The zero-order chi connectivity index (χ0) is 12.5. The largest absolute Gasteiger partial charge is 0.494 e. The highest BCUT2D eigenvalue weighted by molar-refractivity contribution is 5.66. The second-order valence-electron chi connectivity index (χ2n) is 3.70. The number of rotatable bonds is 8. The van der Waals surface area contributed by atoms with Crippen molar-refractivity contribution < 1.29 is 19.4 Å². The van der Waals surface area contributed by atoms with E-state index in [1.165, 1.54) is 0 Å². The first-order valence-electron chi connectivity index (χ1n) is 5.59. The molecule has 0 atom stereocenters. The van der Waals surface area contributed by atoms with Crippen molar-refractivity contribution in [2.45, 2.75) is 25.7 Å². The van der Waals surface area contributed by atoms with E-state index in [-0.39, 0.29) is 6.42 Å². The predicted molar refractivity (Wildman–Crippen MR) is 63.2 cm³/mol. The first kappa shape index (κ1) is 13.2. The molecule has 0 saturated heterocycles. The van der Waals surface area contributed by atoms with Crippen molar-refractivity contribution in [1.82, 2.24) is 0 Å². The third kappa shape index (κ3) is 5.70. The van der Waals surface area contributed by atoms with Gasteiger partial charge in [-0.1, -0.05) is 12.1 Å². The van der Waals surface area contributed by atoms with Crippen LogP contribution in [0.1, 0.15) is 24.8 Å². The lowest BCUT2D eigenvalue weighted by Gasteiger charge is -2.05. The van der Waals surface area contributed by atoms with E-state index in [1.807, 2.05) is 24.3 Å². The lowest BCUT2D eigenvalue weighted by molar-refractivity contribution is -0.137. The molecule has 1 N–H and O–H groups in total. The van der Waals surface area contributed by atoms with Gasteiger partial charge in [-0.15, -0.1) is 0 Å². The fourth-order valence-electron chi connectivity index (χ4n) is 1.39. The number of carbonyl (C=O) groups excluding carboxylic acids is 1. The zero-order valence-corrected chi connectivity index (χ0v) is 9.59. The van der Waals surface area contributed by atoms with Crippen LogP contribution in [0.4, 0.5) is 0 Å². The topological polar surface area (TPSA) is 63.6 Å². The Labute approximate surface area is 100 Å². The minimum atomic E-state index is -0.808. The molecule has 1 aromatic carbocycles. The fourth-order valence-corrected chi connectivity index (χ4v) is 1.39. The molecule has 0 spiro atoms. The molecule has 0 heterocycles. The number of hydrogen-bond donors (Lipinski definition) is 1. The molecule has 0 bridgehead atoms. The monoisotopic (exact) mass is 236 g/mol. The van der Waals surface area contributed by atoms with Gasteiger partial charge in [0, 0.05) is 12.8 Å². The van der Waals surface area contributed by atoms with E-state index in [0.717, 1.165) is 24.0 Å². The minimum absolute atomic E-state index is 0.122. The third-order valence-electron chi connectivity index (χ3n) is 2.28. The molecule has 0 aliphatic rings. The molecule has 17 heavy (non-hydrogen) atoms. The van der Waals surface area contributed by atoms with Gasteiger partial charge in [-0.3, -0.25) is 4.79 Å². The summed E-state index contributed by atoms with van der Waals surface area (Å²) in [5.41, 5.74) is 1.09. The summed E-state index contributed by atoms with van der Waals surface area (Å²) >= 11 is 0. The minimum Gasteiger partial charge on any atom is -0.494 e. The van der Waals surface area contributed by atoms with E-state index in [9.17, 15) is 9.59 Å². The molecular weight excluding hydrogens is 220 g/mol. The number of ether oxygens (including phenoxy) is 1. The van der Waals surface area contributed by atoms with Crippen molar-refractivity contribution in [2.24, 2.45) is 0 Å². The maximum absolute atomic E-state index is 10.3. The Bertz CT molecular complexity index is 356. The number of carboxylic acids is 1. The summed E-state index contributed by atoms with van der Waals surface area (Å²) in [4.78, 5) is 20.5. The number of carbonyl (C=O) groups is 2. The van der Waals surface area contributed by atoms with Gasteiger partial charge in [0.2, 0.25) is 0 Å². The van der Waals surface area contributed by atoms with E-state index in [2.05, 4.69) is 0 Å². The van der Waals surface area contributed by atoms with Crippen LogP contribution in [0.5, 0.6) is 5.75 Å². The molecule has 0 radical (unpaired) electrons. The number of carboxylic acid groups (broad SMARTS) is 1. The zero-order valence-electron chi connectivity index (χ0n) is 9.59. The summed E-state index contributed by atoms with van der Waals surface area (Å²) < 4.78 is 5.38. The first-order chi connectivity index (χ1) is 8.22. The standard InChI is InChI=1S/C13H16O4/c14-9-1-3-11-5-7-12(8-6-11)17-10-2-4-13(15)16/h5-9H,1-4,10H2,(H,15,16). The Kier molecular flexibility index (Phi) is 5.79. The molecule has 0 aliphatic heterocycles. The van der Waals surface area contributed by atoms with Gasteiger partial charge >= 0.3 is 5.97 Å². The van der Waals surface area contributed by atoms with Crippen LogP contribution in [0, 0.1) is 0 Å². The number of aldehydes is 1. The summed E-state index contributed by atoms with van der Waals surface area (Å²) in [6, 6.07) is 7.49. The summed E-state index contributed by atoms with van der Waals surface area (Å²) in [6.45, 7) is 0.403. The summed E-state index contributed by atoms with van der Waals surface area (Å²) in [5, 5.41) is 8.45. The van der Waals surface area contributed by atoms with Gasteiger partial charge in [0.05, 0.1) is 6.61 Å². The van der Waals surface area contributed by atoms with E-state index < -0.39 is 5.97 Å². The average molecular weight is 236 g/mol. The SMILES string of the molecule is O=CCCc1ccc(OCCCC(=O)O)cc1. The lowest BCUT2D eigenvalue weighted by atomic mass is 10.1. The quantitative estimate of drug-likeness (QED) is 0.554. The van der Waals surface area contributed by atoms with Crippen LogP contribution in [-0.2, 0) is 16.0 Å². The van der Waals surface area contributed by atoms with Gasteiger partial charge < -0.3 is 14.6 Å². The Morgan fingerprint density at radius 2 is 2.00 bits per heavy atom. The average Bonchev–Trinajstić information content (AvgIpc) is 2.33. The van der Waals surface area contributed by atoms with Crippen LogP contribution in [0.15, 0.2) is 24.3 Å². The van der Waals surface area contributed by atoms with Crippen molar-refractivity contribution in [3.05, 3.63) is 29.8 Å². The molecule has 0 amide bonds. The normalized spacial score (nSPS) is 9.88. The maximum atomic E-state index is 10.3. The van der Waals surface area contributed by atoms with Crippen LogP contribution < -0.4 is 4.74 Å². The molecule has 0 saturated carbocycles. The fraction of sp³-hybridized carbons (Fsp3) is 0.385. The summed E-state index contributed by atoms with van der Waals surface area (Å²) in [6.07, 6.45) is 2.79. The van der Waals surface area contributed by atoms with E-state index in [1.54, 1.807) is 0 Å². The highest BCUT2D eigenvalue weighted by Crippen LogP contribution is 2.13. The number of hydrogen-bond acceptors (Lipinski definition) is 3. The van der Waals surface area contributed by atoms with Crippen LogP contribution in [0.3, 0.4) is 0 Å². The molecule has 92 valence electrons. The van der Waals surface area contributed by atoms with Gasteiger partial charge in [0.25, 0.3) is 0 Å². The van der Waals surface area contributed by atoms with Gasteiger partial charge in [0.15, 0.2) is 0 Å².